The van der Waals surface area contributed by atoms with Crippen LogP contribution in [0.2, 0.25) is 0 Å². The van der Waals surface area contributed by atoms with Crippen LogP contribution in [-0.2, 0) is 16.6 Å². The van der Waals surface area contributed by atoms with E-state index in [1.165, 1.54) is 18.2 Å². The summed E-state index contributed by atoms with van der Waals surface area (Å²) in [6.45, 7) is 1.18. The molecule has 7 heteroatoms. The molecule has 0 aliphatic rings. The first kappa shape index (κ1) is 13.6. The highest BCUT2D eigenvalue weighted by molar-refractivity contribution is 7.92. The van der Waals surface area contributed by atoms with Crippen LogP contribution in [0.1, 0.15) is 11.3 Å². The second kappa shape index (κ2) is 5.02. The first-order valence-corrected chi connectivity index (χ1v) is 6.90. The van der Waals surface area contributed by atoms with Crippen molar-refractivity contribution in [1.29, 1.82) is 0 Å². The summed E-state index contributed by atoms with van der Waals surface area (Å²) in [6.07, 6.45) is 0. The molecule has 1 heterocycles. The van der Waals surface area contributed by atoms with Crippen molar-refractivity contribution in [2.24, 2.45) is 0 Å². The van der Waals surface area contributed by atoms with Gasteiger partial charge in [0.15, 0.2) is 0 Å². The Labute approximate surface area is 109 Å². The van der Waals surface area contributed by atoms with E-state index < -0.39 is 22.4 Å². The van der Waals surface area contributed by atoms with E-state index in [9.17, 15) is 12.8 Å². The quantitative estimate of drug-likeness (QED) is 0.900. The first-order valence-electron chi connectivity index (χ1n) is 5.41. The Morgan fingerprint density at radius 1 is 1.32 bits per heavy atom. The molecule has 0 atom stereocenters. The first-order chi connectivity index (χ1) is 8.94. The van der Waals surface area contributed by atoms with Crippen LogP contribution in [0.15, 0.2) is 39.8 Å². The van der Waals surface area contributed by atoms with Gasteiger partial charge in [0.2, 0.25) is 5.09 Å². The Kier molecular flexibility index (Phi) is 3.59. The number of furan rings is 1. The Morgan fingerprint density at radius 3 is 2.63 bits per heavy atom. The monoisotopic (exact) mass is 285 g/mol. The number of para-hydroxylation sites is 1. The van der Waals surface area contributed by atoms with Gasteiger partial charge >= 0.3 is 0 Å². The van der Waals surface area contributed by atoms with Crippen molar-refractivity contribution >= 4 is 15.7 Å². The van der Waals surface area contributed by atoms with Crippen LogP contribution < -0.4 is 4.72 Å². The average molecular weight is 285 g/mol. The zero-order valence-electron chi connectivity index (χ0n) is 10.1. The topological polar surface area (TPSA) is 79.5 Å². The predicted octanol–water partition coefficient (Wildman–Crippen LogP) is 2.02. The lowest BCUT2D eigenvalue weighted by molar-refractivity contribution is 0.236. The maximum absolute atomic E-state index is 13.6. The molecule has 0 aliphatic heterocycles. The summed E-state index contributed by atoms with van der Waals surface area (Å²) in [5, 5.41) is 8.45. The molecule has 1 aromatic carbocycles. The number of rotatable bonds is 4. The summed E-state index contributed by atoms with van der Waals surface area (Å²) in [4.78, 5) is 0. The van der Waals surface area contributed by atoms with Crippen molar-refractivity contribution in [2.45, 2.75) is 18.6 Å². The van der Waals surface area contributed by atoms with E-state index in [1.807, 2.05) is 0 Å². The number of sulfonamides is 1. The Balaban J connectivity index is 2.36. The molecule has 0 unspecified atom stereocenters. The minimum atomic E-state index is -4.02. The van der Waals surface area contributed by atoms with Gasteiger partial charge in [0, 0.05) is 0 Å². The van der Waals surface area contributed by atoms with E-state index in [0.29, 0.717) is 5.56 Å². The fourth-order valence-corrected chi connectivity index (χ4v) is 2.63. The second-order valence-electron chi connectivity index (χ2n) is 3.92. The zero-order chi connectivity index (χ0) is 14.0. The van der Waals surface area contributed by atoms with Crippen LogP contribution in [0.5, 0.6) is 0 Å². The van der Waals surface area contributed by atoms with Gasteiger partial charge in [0.05, 0.1) is 5.69 Å². The number of anilines is 1. The molecule has 0 saturated heterocycles. The molecule has 5 nitrogen and oxygen atoms in total. The third kappa shape index (κ3) is 2.77. The van der Waals surface area contributed by atoms with Crippen LogP contribution in [-0.4, -0.2) is 13.5 Å². The number of halogens is 1. The van der Waals surface area contributed by atoms with Gasteiger partial charge in [0.1, 0.15) is 18.2 Å². The Bertz CT molecular complexity index is 673. The van der Waals surface area contributed by atoms with Crippen molar-refractivity contribution in [1.82, 2.24) is 0 Å². The third-order valence-corrected chi connectivity index (χ3v) is 3.74. The Hall–Kier alpha value is -1.86. The van der Waals surface area contributed by atoms with Gasteiger partial charge in [-0.15, -0.1) is 0 Å². The number of benzene rings is 1. The van der Waals surface area contributed by atoms with Crippen LogP contribution in [0.25, 0.3) is 0 Å². The molecule has 2 N–H and O–H groups in total. The molecule has 0 bridgehead atoms. The molecule has 0 aliphatic carbocycles. The van der Waals surface area contributed by atoms with Crippen molar-refractivity contribution in [3.63, 3.8) is 0 Å². The molecule has 102 valence electrons. The van der Waals surface area contributed by atoms with Gasteiger partial charge in [-0.05, 0) is 30.7 Å². The van der Waals surface area contributed by atoms with Gasteiger partial charge < -0.3 is 9.52 Å². The maximum Gasteiger partial charge on any atom is 0.295 e. The summed E-state index contributed by atoms with van der Waals surface area (Å²) in [5.41, 5.74) is 0.335. The van der Waals surface area contributed by atoms with Gasteiger partial charge in [-0.25, -0.2) is 4.39 Å². The number of aliphatic hydroxyl groups is 1. The lowest BCUT2D eigenvalue weighted by atomic mass is 10.2. The minimum Gasteiger partial charge on any atom is -0.445 e. The summed E-state index contributed by atoms with van der Waals surface area (Å²) >= 11 is 0. The van der Waals surface area contributed by atoms with Crippen LogP contribution in [0.4, 0.5) is 10.1 Å². The lowest BCUT2D eigenvalue weighted by Gasteiger charge is -2.09. The van der Waals surface area contributed by atoms with Gasteiger partial charge in [-0.1, -0.05) is 12.1 Å². The van der Waals surface area contributed by atoms with E-state index in [0.717, 1.165) is 6.07 Å². The summed E-state index contributed by atoms with van der Waals surface area (Å²) < 4.78 is 44.6. The molecule has 0 spiro atoms. The molecule has 0 amide bonds. The average Bonchev–Trinajstić information content (AvgIpc) is 2.83. The van der Waals surface area contributed by atoms with E-state index in [4.69, 9.17) is 9.52 Å². The molecule has 0 fully saturated rings. The van der Waals surface area contributed by atoms with Crippen LogP contribution in [0, 0.1) is 12.7 Å². The predicted molar refractivity (Wildman–Crippen MR) is 66.6 cm³/mol. The van der Waals surface area contributed by atoms with Crippen molar-refractivity contribution in [2.75, 3.05) is 4.72 Å². The Morgan fingerprint density at radius 2 is 2.05 bits per heavy atom. The highest BCUT2D eigenvalue weighted by atomic mass is 32.2. The number of hydrogen-bond donors (Lipinski definition) is 2. The number of nitrogens with one attached hydrogen (secondary N) is 1. The van der Waals surface area contributed by atoms with Crippen molar-refractivity contribution in [3.05, 3.63) is 47.5 Å². The van der Waals surface area contributed by atoms with Gasteiger partial charge in [-0.2, -0.15) is 8.42 Å². The smallest absolute Gasteiger partial charge is 0.295 e. The van der Waals surface area contributed by atoms with Crippen molar-refractivity contribution in [3.8, 4) is 0 Å². The minimum absolute atomic E-state index is 0.116. The fraction of sp³-hybridized carbons (Fsp3) is 0.167. The standard InChI is InChI=1S/C12H12FNO4S/c1-8-3-2-4-10(13)12(8)14-19(16,17)11-6-5-9(7-15)18-11/h2-6,14-15H,7H2,1H3. The molecule has 19 heavy (non-hydrogen) atoms. The summed E-state index contributed by atoms with van der Waals surface area (Å²) in [6, 6.07) is 6.76. The van der Waals surface area contributed by atoms with E-state index in [1.54, 1.807) is 13.0 Å². The molecule has 2 aromatic rings. The molecule has 0 saturated carbocycles. The summed E-state index contributed by atoms with van der Waals surface area (Å²) in [5.74, 6) is -0.553. The number of aryl methyl sites for hydroxylation is 1. The van der Waals surface area contributed by atoms with Crippen LogP contribution >= 0.6 is 0 Å². The third-order valence-electron chi connectivity index (χ3n) is 2.52. The van der Waals surface area contributed by atoms with Gasteiger partial charge in [0.25, 0.3) is 10.0 Å². The molecular weight excluding hydrogens is 273 g/mol. The van der Waals surface area contributed by atoms with E-state index in [2.05, 4.69) is 4.72 Å². The van der Waals surface area contributed by atoms with E-state index >= 15 is 0 Å². The maximum atomic E-state index is 13.6. The molecule has 1 aromatic heterocycles. The van der Waals surface area contributed by atoms with Crippen molar-refractivity contribution < 1.29 is 22.3 Å². The van der Waals surface area contributed by atoms with E-state index in [-0.39, 0.29) is 16.5 Å². The summed E-state index contributed by atoms with van der Waals surface area (Å²) in [7, 11) is -4.02. The highest BCUT2D eigenvalue weighted by Crippen LogP contribution is 2.23. The van der Waals surface area contributed by atoms with Gasteiger partial charge in [-0.3, -0.25) is 4.72 Å². The highest BCUT2D eigenvalue weighted by Gasteiger charge is 2.21. The lowest BCUT2D eigenvalue weighted by Crippen LogP contribution is -2.14. The molecule has 2 rings (SSSR count). The zero-order valence-corrected chi connectivity index (χ0v) is 10.9. The molecular formula is C12H12FNO4S. The number of hydrogen-bond acceptors (Lipinski definition) is 4. The largest absolute Gasteiger partial charge is 0.445 e. The number of aliphatic hydroxyl groups excluding tert-OH is 1. The SMILES string of the molecule is Cc1cccc(F)c1NS(=O)(=O)c1ccc(CO)o1. The fourth-order valence-electron chi connectivity index (χ4n) is 1.53. The molecule has 0 radical (unpaired) electrons. The van der Waals surface area contributed by atoms with Crippen LogP contribution in [0.3, 0.4) is 0 Å². The second-order valence-corrected chi connectivity index (χ2v) is 5.53. The normalized spacial score (nSPS) is 11.5.